The second kappa shape index (κ2) is 5.30. The highest BCUT2D eigenvalue weighted by atomic mass is 16.6. The van der Waals surface area contributed by atoms with Crippen LogP contribution in [0.4, 0.5) is 5.69 Å². The number of hydrogen-bond donors (Lipinski definition) is 0. The Morgan fingerprint density at radius 3 is 2.69 bits per heavy atom. The highest BCUT2D eigenvalue weighted by molar-refractivity contribution is 5.44. The predicted octanol–water partition coefficient (Wildman–Crippen LogP) is 3.25. The summed E-state index contributed by atoms with van der Waals surface area (Å²) >= 11 is 0. The van der Waals surface area contributed by atoms with Crippen LogP contribution in [0.2, 0.25) is 0 Å². The minimum absolute atomic E-state index is 0.120. The lowest BCUT2D eigenvalue weighted by Crippen LogP contribution is -1.96. The monoisotopic (exact) mass is 221 g/mol. The number of nitrogens with zero attached hydrogens (tertiary/aromatic N) is 1. The highest BCUT2D eigenvalue weighted by Gasteiger charge is 2.10. The number of hydrogen-bond acceptors (Lipinski definition) is 3. The SMILES string of the molecule is CC(C)=CCOc1ccc([N+](=O)[O-])c(C)c1. The number of nitro benzene ring substituents is 1. The molecule has 0 unspecified atom stereocenters. The first-order chi connectivity index (χ1) is 7.50. The van der Waals surface area contributed by atoms with Crippen LogP contribution in [-0.4, -0.2) is 11.5 Å². The molecular formula is C12H15NO3. The fourth-order valence-electron chi connectivity index (χ4n) is 1.23. The van der Waals surface area contributed by atoms with Crippen molar-refractivity contribution in [3.05, 3.63) is 45.5 Å². The average molecular weight is 221 g/mol. The Hall–Kier alpha value is -1.84. The van der Waals surface area contributed by atoms with E-state index in [-0.39, 0.29) is 5.69 Å². The molecule has 0 atom stereocenters. The maximum absolute atomic E-state index is 10.6. The molecule has 0 saturated heterocycles. The lowest BCUT2D eigenvalue weighted by Gasteiger charge is -2.04. The molecule has 0 N–H and O–H groups in total. The van der Waals surface area contributed by atoms with Gasteiger partial charge in [-0.1, -0.05) is 5.57 Å². The Morgan fingerprint density at radius 2 is 2.19 bits per heavy atom. The van der Waals surface area contributed by atoms with Crippen molar-refractivity contribution in [1.82, 2.24) is 0 Å². The molecule has 0 spiro atoms. The van der Waals surface area contributed by atoms with Crippen LogP contribution in [0.5, 0.6) is 5.75 Å². The van der Waals surface area contributed by atoms with Gasteiger partial charge in [-0.25, -0.2) is 0 Å². The molecular weight excluding hydrogens is 206 g/mol. The van der Waals surface area contributed by atoms with E-state index >= 15 is 0 Å². The molecule has 1 rings (SSSR count). The molecule has 0 bridgehead atoms. The Morgan fingerprint density at radius 1 is 1.50 bits per heavy atom. The van der Waals surface area contributed by atoms with E-state index in [1.807, 2.05) is 19.9 Å². The van der Waals surface area contributed by atoms with Gasteiger partial charge in [0, 0.05) is 11.6 Å². The summed E-state index contributed by atoms with van der Waals surface area (Å²) in [5.41, 5.74) is 1.91. The Kier molecular flexibility index (Phi) is 4.05. The molecule has 1 aromatic rings. The van der Waals surface area contributed by atoms with Gasteiger partial charge in [0.15, 0.2) is 0 Å². The van der Waals surface area contributed by atoms with Crippen molar-refractivity contribution >= 4 is 5.69 Å². The van der Waals surface area contributed by atoms with Crippen LogP contribution in [0.15, 0.2) is 29.8 Å². The number of rotatable bonds is 4. The third-order valence-corrected chi connectivity index (χ3v) is 2.11. The van der Waals surface area contributed by atoms with Gasteiger partial charge in [-0.2, -0.15) is 0 Å². The molecule has 4 heteroatoms. The Balaban J connectivity index is 2.74. The summed E-state index contributed by atoms with van der Waals surface area (Å²) in [5.74, 6) is 0.653. The van der Waals surface area contributed by atoms with E-state index in [9.17, 15) is 10.1 Å². The van der Waals surface area contributed by atoms with Gasteiger partial charge in [-0.05, 0) is 39.0 Å². The summed E-state index contributed by atoms with van der Waals surface area (Å²) in [6.07, 6.45) is 1.96. The van der Waals surface area contributed by atoms with Gasteiger partial charge in [0.2, 0.25) is 0 Å². The second-order valence-electron chi connectivity index (χ2n) is 3.80. The average Bonchev–Trinajstić information content (AvgIpc) is 2.16. The van der Waals surface area contributed by atoms with Crippen LogP contribution in [0, 0.1) is 17.0 Å². The fourth-order valence-corrected chi connectivity index (χ4v) is 1.23. The molecule has 1 aromatic carbocycles. The molecule has 0 aliphatic heterocycles. The standard InChI is InChI=1S/C12H15NO3/c1-9(2)6-7-16-11-4-5-12(13(14)15)10(3)8-11/h4-6,8H,7H2,1-3H3. The number of nitro groups is 1. The lowest BCUT2D eigenvalue weighted by molar-refractivity contribution is -0.385. The summed E-state index contributed by atoms with van der Waals surface area (Å²) in [4.78, 5) is 10.2. The van der Waals surface area contributed by atoms with E-state index in [4.69, 9.17) is 4.74 Å². The van der Waals surface area contributed by atoms with Crippen LogP contribution >= 0.6 is 0 Å². The number of benzene rings is 1. The van der Waals surface area contributed by atoms with Gasteiger partial charge in [0.05, 0.1) is 4.92 Å². The molecule has 0 amide bonds. The Bertz CT molecular complexity index is 420. The van der Waals surface area contributed by atoms with E-state index in [0.29, 0.717) is 17.9 Å². The van der Waals surface area contributed by atoms with Gasteiger partial charge in [-0.3, -0.25) is 10.1 Å². The zero-order valence-corrected chi connectivity index (χ0v) is 9.69. The van der Waals surface area contributed by atoms with E-state index in [2.05, 4.69) is 0 Å². The third-order valence-electron chi connectivity index (χ3n) is 2.11. The molecule has 0 heterocycles. The summed E-state index contributed by atoms with van der Waals surface area (Å²) in [5, 5.41) is 10.6. The van der Waals surface area contributed by atoms with Crippen LogP contribution < -0.4 is 4.74 Å². The fraction of sp³-hybridized carbons (Fsp3) is 0.333. The molecule has 0 aromatic heterocycles. The molecule has 0 aliphatic rings. The number of aryl methyl sites for hydroxylation is 1. The normalized spacial score (nSPS) is 9.69. The predicted molar refractivity (Wildman–Crippen MR) is 62.8 cm³/mol. The number of ether oxygens (including phenoxy) is 1. The van der Waals surface area contributed by atoms with Crippen molar-refractivity contribution in [2.45, 2.75) is 20.8 Å². The zero-order valence-electron chi connectivity index (χ0n) is 9.69. The molecule has 4 nitrogen and oxygen atoms in total. The second-order valence-corrected chi connectivity index (χ2v) is 3.80. The highest BCUT2D eigenvalue weighted by Crippen LogP contribution is 2.22. The first kappa shape index (κ1) is 12.2. The lowest BCUT2D eigenvalue weighted by atomic mass is 10.2. The first-order valence-corrected chi connectivity index (χ1v) is 5.02. The van der Waals surface area contributed by atoms with Crippen molar-refractivity contribution in [3.63, 3.8) is 0 Å². The molecule has 0 fully saturated rings. The topological polar surface area (TPSA) is 52.4 Å². The summed E-state index contributed by atoms with van der Waals surface area (Å²) in [6, 6.07) is 4.76. The third kappa shape index (κ3) is 3.38. The van der Waals surface area contributed by atoms with Crippen molar-refractivity contribution < 1.29 is 9.66 Å². The van der Waals surface area contributed by atoms with E-state index < -0.39 is 4.92 Å². The van der Waals surface area contributed by atoms with Crippen molar-refractivity contribution in [3.8, 4) is 5.75 Å². The largest absolute Gasteiger partial charge is 0.490 e. The van der Waals surface area contributed by atoms with Crippen LogP contribution in [0.25, 0.3) is 0 Å². The molecule has 16 heavy (non-hydrogen) atoms. The Labute approximate surface area is 94.7 Å². The van der Waals surface area contributed by atoms with Crippen molar-refractivity contribution in [2.75, 3.05) is 6.61 Å². The minimum atomic E-state index is -0.394. The van der Waals surface area contributed by atoms with Gasteiger partial charge < -0.3 is 4.74 Å². The molecule has 0 saturated carbocycles. The van der Waals surface area contributed by atoms with Gasteiger partial charge in [0.25, 0.3) is 5.69 Å². The number of allylic oxidation sites excluding steroid dienone is 1. The molecule has 86 valence electrons. The van der Waals surface area contributed by atoms with Crippen LogP contribution in [0.1, 0.15) is 19.4 Å². The van der Waals surface area contributed by atoms with Gasteiger partial charge in [-0.15, -0.1) is 0 Å². The van der Waals surface area contributed by atoms with Crippen LogP contribution in [0.3, 0.4) is 0 Å². The molecule has 0 aliphatic carbocycles. The summed E-state index contributed by atoms with van der Waals surface area (Å²) in [6.45, 7) is 6.17. The van der Waals surface area contributed by atoms with Gasteiger partial charge >= 0.3 is 0 Å². The maximum Gasteiger partial charge on any atom is 0.272 e. The smallest absolute Gasteiger partial charge is 0.272 e. The summed E-state index contributed by atoms with van der Waals surface area (Å²) in [7, 11) is 0. The molecule has 0 radical (unpaired) electrons. The van der Waals surface area contributed by atoms with E-state index in [0.717, 1.165) is 0 Å². The van der Waals surface area contributed by atoms with Crippen molar-refractivity contribution in [1.29, 1.82) is 0 Å². The minimum Gasteiger partial charge on any atom is -0.490 e. The maximum atomic E-state index is 10.6. The van der Waals surface area contributed by atoms with E-state index in [1.165, 1.54) is 11.6 Å². The van der Waals surface area contributed by atoms with E-state index in [1.54, 1.807) is 19.1 Å². The van der Waals surface area contributed by atoms with Crippen molar-refractivity contribution in [2.24, 2.45) is 0 Å². The zero-order chi connectivity index (χ0) is 12.1. The van der Waals surface area contributed by atoms with Gasteiger partial charge in [0.1, 0.15) is 12.4 Å². The first-order valence-electron chi connectivity index (χ1n) is 5.02. The quantitative estimate of drug-likeness (QED) is 0.445. The van der Waals surface area contributed by atoms with Crippen LogP contribution in [-0.2, 0) is 0 Å². The summed E-state index contributed by atoms with van der Waals surface area (Å²) < 4.78 is 5.43.